The van der Waals surface area contributed by atoms with E-state index in [4.69, 9.17) is 9.47 Å². The summed E-state index contributed by atoms with van der Waals surface area (Å²) in [5, 5.41) is 19.2. The summed E-state index contributed by atoms with van der Waals surface area (Å²) in [4.78, 5) is 13.4. The number of hydrogen-bond acceptors (Lipinski definition) is 9. The molecule has 1 atom stereocenters. The maximum absolute atomic E-state index is 9.54. The van der Waals surface area contributed by atoms with E-state index in [1.54, 1.807) is 14.2 Å². The normalized spacial score (nSPS) is 11.5. The van der Waals surface area contributed by atoms with Gasteiger partial charge in [0.1, 0.15) is 11.5 Å². The summed E-state index contributed by atoms with van der Waals surface area (Å²) in [5.41, 5.74) is 2.05. The Labute approximate surface area is 188 Å². The molecule has 9 nitrogen and oxygen atoms in total. The topological polar surface area (TPSA) is 113 Å². The van der Waals surface area contributed by atoms with Crippen LogP contribution in [-0.4, -0.2) is 46.9 Å². The molecule has 1 aromatic heterocycles. The lowest BCUT2D eigenvalue weighted by Crippen LogP contribution is -2.24. The third-order valence-electron chi connectivity index (χ3n) is 4.92. The van der Waals surface area contributed by atoms with Gasteiger partial charge >= 0.3 is 0 Å². The van der Waals surface area contributed by atoms with Crippen LogP contribution in [0.1, 0.15) is 24.5 Å². The van der Waals surface area contributed by atoms with Gasteiger partial charge in [0.2, 0.25) is 17.8 Å². The smallest absolute Gasteiger partial charge is 0.229 e. The van der Waals surface area contributed by atoms with E-state index < -0.39 is 0 Å². The Kier molecular flexibility index (Phi) is 8.44. The molecular formula is C23H30N6O3. The van der Waals surface area contributed by atoms with Gasteiger partial charge in [0, 0.05) is 18.7 Å². The first-order valence-corrected chi connectivity index (χ1v) is 10.5. The molecule has 4 N–H and O–H groups in total. The number of aliphatic hydroxyl groups is 1. The summed E-state index contributed by atoms with van der Waals surface area (Å²) >= 11 is 0. The zero-order valence-corrected chi connectivity index (χ0v) is 18.6. The molecule has 3 aromatic rings. The van der Waals surface area contributed by atoms with Crippen molar-refractivity contribution in [3.63, 3.8) is 0 Å². The van der Waals surface area contributed by atoms with Gasteiger partial charge in [-0.15, -0.1) is 0 Å². The summed E-state index contributed by atoms with van der Waals surface area (Å²) in [6, 6.07) is 15.4. The Hall–Kier alpha value is -3.59. The van der Waals surface area contributed by atoms with Crippen LogP contribution in [0.15, 0.2) is 48.5 Å². The minimum Gasteiger partial charge on any atom is -0.497 e. The molecule has 0 aliphatic heterocycles. The molecule has 0 spiro atoms. The Balaban J connectivity index is 1.76. The van der Waals surface area contributed by atoms with Crippen molar-refractivity contribution in [3.8, 4) is 11.5 Å². The second-order valence-corrected chi connectivity index (χ2v) is 7.11. The number of benzene rings is 2. The first-order valence-electron chi connectivity index (χ1n) is 10.5. The van der Waals surface area contributed by atoms with Crippen LogP contribution in [0.25, 0.3) is 0 Å². The van der Waals surface area contributed by atoms with Crippen LogP contribution < -0.4 is 25.4 Å². The first-order chi connectivity index (χ1) is 15.6. The van der Waals surface area contributed by atoms with Crippen LogP contribution in [-0.2, 0) is 13.1 Å². The van der Waals surface area contributed by atoms with Crippen molar-refractivity contribution in [1.29, 1.82) is 0 Å². The summed E-state index contributed by atoms with van der Waals surface area (Å²) in [7, 11) is 3.28. The van der Waals surface area contributed by atoms with E-state index >= 15 is 0 Å². The number of hydrogen-bond donors (Lipinski definition) is 4. The minimum absolute atomic E-state index is 0.0131. The maximum atomic E-state index is 9.54. The van der Waals surface area contributed by atoms with Crippen LogP contribution in [0.3, 0.4) is 0 Å². The van der Waals surface area contributed by atoms with Crippen molar-refractivity contribution in [3.05, 3.63) is 59.7 Å². The summed E-state index contributed by atoms with van der Waals surface area (Å²) in [5.74, 6) is 2.82. The summed E-state index contributed by atoms with van der Waals surface area (Å²) in [6.45, 7) is 3.00. The van der Waals surface area contributed by atoms with Gasteiger partial charge in [0.05, 0.1) is 26.9 Å². The lowest BCUT2D eigenvalue weighted by Gasteiger charge is -2.16. The highest BCUT2D eigenvalue weighted by Gasteiger charge is 2.11. The van der Waals surface area contributed by atoms with Crippen molar-refractivity contribution < 1.29 is 14.6 Å². The van der Waals surface area contributed by atoms with Crippen LogP contribution in [0.5, 0.6) is 11.5 Å². The van der Waals surface area contributed by atoms with Gasteiger partial charge in [0.15, 0.2) is 0 Å². The molecule has 2 aromatic carbocycles. The fraction of sp³-hybridized carbons (Fsp3) is 0.348. The van der Waals surface area contributed by atoms with Gasteiger partial charge in [-0.3, -0.25) is 0 Å². The summed E-state index contributed by atoms with van der Waals surface area (Å²) < 4.78 is 10.6. The zero-order chi connectivity index (χ0) is 22.8. The molecule has 3 rings (SSSR count). The molecule has 32 heavy (non-hydrogen) atoms. The van der Waals surface area contributed by atoms with Crippen LogP contribution in [0.4, 0.5) is 17.8 Å². The average Bonchev–Trinajstić information content (AvgIpc) is 2.85. The van der Waals surface area contributed by atoms with Crippen LogP contribution in [0, 0.1) is 0 Å². The Bertz CT molecular complexity index is 980. The highest BCUT2D eigenvalue weighted by Crippen LogP contribution is 2.19. The molecule has 170 valence electrons. The standard InChI is InChI=1S/C23H30N6O3/c1-4-18(15-30)26-23-28-21(24-13-16-9-11-19(31-2)12-10-16)27-22(29-23)25-14-17-7-5-6-8-20(17)32-3/h5-12,18,30H,4,13-15H2,1-3H3,(H3,24,25,26,27,28,29)/t18-/m1/s1. The molecule has 9 heteroatoms. The quantitative estimate of drug-likeness (QED) is 0.338. The number of methoxy groups -OCH3 is 2. The third-order valence-corrected chi connectivity index (χ3v) is 4.92. The predicted molar refractivity (Wildman–Crippen MR) is 125 cm³/mol. The molecule has 0 aliphatic rings. The number of nitrogens with zero attached hydrogens (tertiary/aromatic N) is 3. The Morgan fingerprint density at radius 2 is 1.50 bits per heavy atom. The van der Waals surface area contributed by atoms with E-state index in [-0.39, 0.29) is 12.6 Å². The van der Waals surface area contributed by atoms with Gasteiger partial charge < -0.3 is 30.5 Å². The van der Waals surface area contributed by atoms with Gasteiger partial charge in [-0.2, -0.15) is 15.0 Å². The maximum Gasteiger partial charge on any atom is 0.229 e. The zero-order valence-electron chi connectivity index (χ0n) is 18.6. The lowest BCUT2D eigenvalue weighted by atomic mass is 10.2. The molecule has 0 fully saturated rings. The average molecular weight is 439 g/mol. The van der Waals surface area contributed by atoms with E-state index in [0.29, 0.717) is 30.9 Å². The SMILES string of the molecule is CC[C@H](CO)Nc1nc(NCc2ccc(OC)cc2)nc(NCc2ccccc2OC)n1. The lowest BCUT2D eigenvalue weighted by molar-refractivity contribution is 0.271. The van der Waals surface area contributed by atoms with Crippen molar-refractivity contribution in [2.75, 3.05) is 36.8 Å². The largest absolute Gasteiger partial charge is 0.497 e. The number of anilines is 3. The van der Waals surface area contributed by atoms with Crippen LogP contribution in [0.2, 0.25) is 0 Å². The first kappa shape index (κ1) is 23.1. The number of ether oxygens (including phenoxy) is 2. The molecule has 0 unspecified atom stereocenters. The van der Waals surface area contributed by atoms with Gasteiger partial charge in [-0.25, -0.2) is 0 Å². The Morgan fingerprint density at radius 1 is 0.844 bits per heavy atom. The fourth-order valence-corrected chi connectivity index (χ4v) is 3.01. The van der Waals surface area contributed by atoms with Crippen molar-refractivity contribution in [1.82, 2.24) is 15.0 Å². The second-order valence-electron chi connectivity index (χ2n) is 7.11. The molecule has 1 heterocycles. The number of rotatable bonds is 12. The minimum atomic E-state index is -0.145. The Morgan fingerprint density at radius 3 is 2.12 bits per heavy atom. The van der Waals surface area contributed by atoms with Crippen molar-refractivity contribution >= 4 is 17.8 Å². The molecule has 0 aliphatic carbocycles. The number of aliphatic hydroxyl groups excluding tert-OH is 1. The molecule has 0 amide bonds. The van der Waals surface area contributed by atoms with Gasteiger partial charge in [-0.05, 0) is 30.2 Å². The van der Waals surface area contributed by atoms with Crippen molar-refractivity contribution in [2.24, 2.45) is 0 Å². The second kappa shape index (κ2) is 11.7. The highest BCUT2D eigenvalue weighted by atomic mass is 16.5. The van der Waals surface area contributed by atoms with E-state index in [0.717, 1.165) is 29.0 Å². The van der Waals surface area contributed by atoms with Gasteiger partial charge in [0.25, 0.3) is 0 Å². The predicted octanol–water partition coefficient (Wildman–Crippen LogP) is 3.30. The number of aromatic nitrogens is 3. The molecule has 0 radical (unpaired) electrons. The van der Waals surface area contributed by atoms with E-state index in [1.165, 1.54) is 0 Å². The number of para-hydroxylation sites is 1. The molecular weight excluding hydrogens is 408 g/mol. The molecule has 0 saturated carbocycles. The van der Waals surface area contributed by atoms with Crippen LogP contribution >= 0.6 is 0 Å². The summed E-state index contributed by atoms with van der Waals surface area (Å²) in [6.07, 6.45) is 0.737. The fourth-order valence-electron chi connectivity index (χ4n) is 3.01. The number of nitrogens with one attached hydrogen (secondary N) is 3. The monoisotopic (exact) mass is 438 g/mol. The van der Waals surface area contributed by atoms with E-state index in [1.807, 2.05) is 55.5 Å². The van der Waals surface area contributed by atoms with Gasteiger partial charge in [-0.1, -0.05) is 37.3 Å². The van der Waals surface area contributed by atoms with E-state index in [2.05, 4.69) is 30.9 Å². The highest BCUT2D eigenvalue weighted by molar-refractivity contribution is 5.44. The van der Waals surface area contributed by atoms with E-state index in [9.17, 15) is 5.11 Å². The third kappa shape index (κ3) is 6.45. The van der Waals surface area contributed by atoms with Crippen molar-refractivity contribution in [2.45, 2.75) is 32.5 Å². The molecule has 0 bridgehead atoms. The molecule has 0 saturated heterocycles.